The Morgan fingerprint density at radius 1 is 0.636 bits per heavy atom. The van der Waals surface area contributed by atoms with E-state index in [0.717, 1.165) is 12.1 Å². The number of hydrogen-bond acceptors (Lipinski definition) is 3. The molecule has 0 saturated heterocycles. The second kappa shape index (κ2) is 11.4. The summed E-state index contributed by atoms with van der Waals surface area (Å²) in [6.45, 7) is 2.13. The average Bonchev–Trinajstić information content (AvgIpc) is 2.79. The second-order valence-electron chi connectivity index (χ2n) is 6.90. The minimum Gasteiger partial charge on any atom is -0.744 e. The van der Waals surface area contributed by atoms with Gasteiger partial charge in [-0.1, -0.05) is 88.9 Å². The van der Waals surface area contributed by atoms with E-state index < -0.39 is 15.0 Å². The standard InChI is InChI=1S/C19H17S.C6H3Cl3O3S/c1-16-12-14-19(15-13-16)20(17-8-4-2-5-9-17)18-10-6-3-7-11-18;7-3-1-5(9)6(2-4(3)8)13(10,11)12/h2-15H,1H3;1-2H,(H,10,11,12)/q+1;/p-1. The van der Waals surface area contributed by atoms with E-state index in [1.165, 1.54) is 20.2 Å². The number of halogens is 3. The summed E-state index contributed by atoms with van der Waals surface area (Å²) in [5.41, 5.74) is 1.30. The molecule has 0 radical (unpaired) electrons. The third-order valence-corrected chi connectivity index (χ3v) is 8.71. The van der Waals surface area contributed by atoms with Gasteiger partial charge in [0.2, 0.25) is 0 Å². The highest BCUT2D eigenvalue weighted by atomic mass is 35.5. The third kappa shape index (κ3) is 7.00. The van der Waals surface area contributed by atoms with Crippen molar-refractivity contribution >= 4 is 55.8 Å². The van der Waals surface area contributed by atoms with Gasteiger partial charge in [-0.15, -0.1) is 0 Å². The third-order valence-electron chi connectivity index (χ3n) is 4.46. The fourth-order valence-electron chi connectivity index (χ4n) is 2.89. The summed E-state index contributed by atoms with van der Waals surface area (Å²) >= 11 is 16.5. The lowest BCUT2D eigenvalue weighted by molar-refractivity contribution is 0.463. The molecule has 0 aliphatic rings. The Morgan fingerprint density at radius 2 is 1.06 bits per heavy atom. The fraction of sp³-hybridized carbons (Fsp3) is 0.0400. The van der Waals surface area contributed by atoms with Gasteiger partial charge >= 0.3 is 0 Å². The van der Waals surface area contributed by atoms with Crippen molar-refractivity contribution in [1.82, 2.24) is 0 Å². The monoisotopic (exact) mass is 536 g/mol. The van der Waals surface area contributed by atoms with Gasteiger partial charge < -0.3 is 4.55 Å². The molecule has 0 aromatic heterocycles. The number of benzene rings is 4. The summed E-state index contributed by atoms with van der Waals surface area (Å²) in [5.74, 6) is 0. The van der Waals surface area contributed by atoms with Crippen LogP contribution in [0.4, 0.5) is 0 Å². The molecule has 4 aromatic rings. The molecule has 0 aliphatic heterocycles. The molecule has 0 unspecified atom stereocenters. The number of rotatable bonds is 4. The minimum absolute atomic E-state index is 0.0229. The van der Waals surface area contributed by atoms with E-state index in [1.807, 2.05) is 0 Å². The van der Waals surface area contributed by atoms with E-state index in [1.54, 1.807) is 0 Å². The van der Waals surface area contributed by atoms with Gasteiger partial charge in [0.15, 0.2) is 14.7 Å². The Bertz CT molecular complexity index is 1270. The summed E-state index contributed by atoms with van der Waals surface area (Å²) in [5, 5.41) is -0.163. The van der Waals surface area contributed by atoms with E-state index in [0.29, 0.717) is 0 Å². The molecule has 0 spiro atoms. The Hall–Kier alpha value is -1.99. The number of hydrogen-bond donors (Lipinski definition) is 0. The molecule has 170 valence electrons. The Labute approximate surface area is 212 Å². The van der Waals surface area contributed by atoms with Crippen molar-refractivity contribution in [2.24, 2.45) is 0 Å². The summed E-state index contributed by atoms with van der Waals surface area (Å²) < 4.78 is 31.7. The lowest BCUT2D eigenvalue weighted by Gasteiger charge is -2.09. The van der Waals surface area contributed by atoms with E-state index in [4.69, 9.17) is 34.8 Å². The molecule has 0 amide bonds. The molecule has 0 heterocycles. The van der Waals surface area contributed by atoms with Crippen LogP contribution in [-0.4, -0.2) is 13.0 Å². The molecule has 0 saturated carbocycles. The van der Waals surface area contributed by atoms with Crippen LogP contribution >= 0.6 is 34.8 Å². The van der Waals surface area contributed by atoms with E-state index in [2.05, 4.69) is 91.9 Å². The maximum atomic E-state index is 10.6. The predicted molar refractivity (Wildman–Crippen MR) is 136 cm³/mol. The largest absolute Gasteiger partial charge is 0.744 e. The summed E-state index contributed by atoms with van der Waals surface area (Å²) in [6.07, 6.45) is 0. The van der Waals surface area contributed by atoms with Gasteiger partial charge in [-0.05, 0) is 55.5 Å². The van der Waals surface area contributed by atoms with E-state index in [-0.39, 0.29) is 26.0 Å². The zero-order chi connectivity index (χ0) is 24.0. The molecule has 33 heavy (non-hydrogen) atoms. The highest BCUT2D eigenvalue weighted by molar-refractivity contribution is 7.97. The van der Waals surface area contributed by atoms with Crippen LogP contribution in [0.2, 0.25) is 15.1 Å². The SMILES string of the molecule is Cc1ccc([S+](c2ccccc2)c2ccccc2)cc1.O=S(=O)([O-])c1cc(Cl)c(Cl)cc1Cl. The second-order valence-corrected chi connectivity index (χ2v) is 11.5. The predicted octanol–water partition coefficient (Wildman–Crippen LogP) is 7.64. The quantitative estimate of drug-likeness (QED) is 0.153. The van der Waals surface area contributed by atoms with Gasteiger partial charge in [-0.25, -0.2) is 8.42 Å². The van der Waals surface area contributed by atoms with Crippen LogP contribution in [0.3, 0.4) is 0 Å². The fourth-order valence-corrected chi connectivity index (χ4v) is 6.43. The van der Waals surface area contributed by atoms with Crippen molar-refractivity contribution < 1.29 is 13.0 Å². The molecule has 0 atom stereocenters. The first-order valence-corrected chi connectivity index (χ1v) is 13.4. The molecule has 0 aliphatic carbocycles. The Kier molecular flexibility index (Phi) is 8.88. The average molecular weight is 538 g/mol. The van der Waals surface area contributed by atoms with Gasteiger partial charge in [0.1, 0.15) is 10.1 Å². The van der Waals surface area contributed by atoms with Crippen molar-refractivity contribution in [3.05, 3.63) is 118 Å². The highest BCUT2D eigenvalue weighted by Crippen LogP contribution is 2.32. The molecule has 4 rings (SSSR count). The van der Waals surface area contributed by atoms with Crippen LogP contribution in [-0.2, 0) is 21.0 Å². The molecule has 0 N–H and O–H groups in total. The summed E-state index contributed by atoms with van der Waals surface area (Å²) in [6, 6.07) is 32.4. The van der Waals surface area contributed by atoms with Crippen molar-refractivity contribution in [2.75, 3.05) is 0 Å². The first-order valence-electron chi connectivity index (χ1n) is 9.68. The molecular formula is C25H19Cl3O3S2. The van der Waals surface area contributed by atoms with Crippen molar-refractivity contribution in [1.29, 1.82) is 0 Å². The number of aryl methyl sites for hydroxylation is 1. The normalized spacial score (nSPS) is 11.1. The zero-order valence-electron chi connectivity index (χ0n) is 17.4. The minimum atomic E-state index is -4.60. The van der Waals surface area contributed by atoms with E-state index in [9.17, 15) is 13.0 Å². The first kappa shape index (κ1) is 25.6. The van der Waals surface area contributed by atoms with Gasteiger partial charge in [0.05, 0.1) is 30.9 Å². The molecule has 0 bridgehead atoms. The Morgan fingerprint density at radius 3 is 1.52 bits per heavy atom. The molecule has 8 heteroatoms. The van der Waals surface area contributed by atoms with Crippen LogP contribution in [0.1, 0.15) is 5.56 Å². The van der Waals surface area contributed by atoms with Crippen LogP contribution in [0.25, 0.3) is 0 Å². The van der Waals surface area contributed by atoms with Crippen molar-refractivity contribution in [2.45, 2.75) is 26.5 Å². The zero-order valence-corrected chi connectivity index (χ0v) is 21.3. The first-order chi connectivity index (χ1) is 15.7. The maximum Gasteiger partial charge on any atom is 0.166 e. The molecule has 4 aromatic carbocycles. The summed E-state index contributed by atoms with van der Waals surface area (Å²) in [4.78, 5) is 3.53. The van der Waals surface area contributed by atoms with Gasteiger partial charge in [0, 0.05) is 0 Å². The van der Waals surface area contributed by atoms with Crippen molar-refractivity contribution in [3.8, 4) is 0 Å². The van der Waals surface area contributed by atoms with E-state index >= 15 is 0 Å². The lowest BCUT2D eigenvalue weighted by Crippen LogP contribution is -2.04. The smallest absolute Gasteiger partial charge is 0.166 e. The van der Waals surface area contributed by atoms with Crippen LogP contribution in [0.15, 0.2) is 117 Å². The summed E-state index contributed by atoms with van der Waals surface area (Å²) in [7, 11) is -4.62. The van der Waals surface area contributed by atoms with Gasteiger partial charge in [-0.2, -0.15) is 0 Å². The highest BCUT2D eigenvalue weighted by Gasteiger charge is 2.27. The van der Waals surface area contributed by atoms with Crippen molar-refractivity contribution in [3.63, 3.8) is 0 Å². The van der Waals surface area contributed by atoms with Crippen LogP contribution in [0.5, 0.6) is 0 Å². The van der Waals surface area contributed by atoms with Crippen LogP contribution in [0, 0.1) is 6.92 Å². The maximum absolute atomic E-state index is 10.6. The van der Waals surface area contributed by atoms with Gasteiger partial charge in [0.25, 0.3) is 0 Å². The molecule has 3 nitrogen and oxygen atoms in total. The topological polar surface area (TPSA) is 57.2 Å². The van der Waals surface area contributed by atoms with Crippen LogP contribution < -0.4 is 0 Å². The molecular weight excluding hydrogens is 519 g/mol. The van der Waals surface area contributed by atoms with Gasteiger partial charge in [-0.3, -0.25) is 0 Å². The molecule has 0 fully saturated rings. The Balaban J connectivity index is 0.000000205. The lowest BCUT2D eigenvalue weighted by atomic mass is 10.2.